The number of nitro groups is 1. The number of carbonyl (C=O) groups excluding carboxylic acids is 1. The minimum atomic E-state index is -0.456. The molecule has 0 radical (unpaired) electrons. The molecule has 1 aliphatic rings. The number of aromatic nitrogens is 1. The number of H-pyrrole nitrogens is 1. The van der Waals surface area contributed by atoms with E-state index in [2.05, 4.69) is 11.1 Å². The van der Waals surface area contributed by atoms with Gasteiger partial charge in [-0.25, -0.2) is 4.99 Å². The fraction of sp³-hybridized carbons (Fsp3) is 0.0909. The van der Waals surface area contributed by atoms with E-state index in [1.807, 2.05) is 60.8 Å². The number of aliphatic imine (C=N–C) groups is 1. The number of benzene rings is 4. The zero-order valence-corrected chi connectivity index (χ0v) is 25.4. The molecule has 11 heteroatoms. The Bertz CT molecular complexity index is 1920. The Morgan fingerprint density at radius 1 is 0.977 bits per heavy atom. The summed E-state index contributed by atoms with van der Waals surface area (Å²) < 4.78 is 5.89. The van der Waals surface area contributed by atoms with Crippen molar-refractivity contribution in [2.24, 2.45) is 4.99 Å². The van der Waals surface area contributed by atoms with Crippen molar-refractivity contribution < 1.29 is 14.5 Å². The van der Waals surface area contributed by atoms with E-state index in [9.17, 15) is 14.9 Å². The fourth-order valence-electron chi connectivity index (χ4n) is 4.73. The van der Waals surface area contributed by atoms with Crippen molar-refractivity contribution in [1.82, 2.24) is 9.88 Å². The Kier molecular flexibility index (Phi) is 8.70. The van der Waals surface area contributed by atoms with Crippen LogP contribution in [-0.2, 0) is 17.8 Å². The molecule has 6 rings (SSSR count). The number of hydrogen-bond acceptors (Lipinski definition) is 6. The van der Waals surface area contributed by atoms with Crippen LogP contribution < -0.4 is 4.74 Å². The van der Waals surface area contributed by atoms with Crippen molar-refractivity contribution in [2.45, 2.75) is 13.0 Å². The number of nitrogens with one attached hydrogen (secondary N) is 1. The van der Waals surface area contributed by atoms with Crippen LogP contribution in [0.15, 0.2) is 107 Å². The highest BCUT2D eigenvalue weighted by atomic mass is 35.5. The van der Waals surface area contributed by atoms with Crippen LogP contribution in [0.5, 0.6) is 5.75 Å². The van der Waals surface area contributed by atoms with Crippen LogP contribution >= 0.6 is 35.0 Å². The maximum absolute atomic E-state index is 13.7. The van der Waals surface area contributed by atoms with Crippen LogP contribution in [0.2, 0.25) is 10.0 Å². The molecule has 0 aliphatic carbocycles. The van der Waals surface area contributed by atoms with Crippen LogP contribution in [0.25, 0.3) is 17.0 Å². The first-order valence-electron chi connectivity index (χ1n) is 13.6. The Labute approximate surface area is 267 Å². The van der Waals surface area contributed by atoms with Crippen molar-refractivity contribution in [1.29, 1.82) is 0 Å². The maximum atomic E-state index is 13.7. The van der Waals surface area contributed by atoms with Gasteiger partial charge in [0.05, 0.1) is 15.5 Å². The van der Waals surface area contributed by atoms with Gasteiger partial charge in [-0.2, -0.15) is 0 Å². The van der Waals surface area contributed by atoms with Crippen molar-refractivity contribution in [3.05, 3.63) is 139 Å². The lowest BCUT2D eigenvalue weighted by molar-refractivity contribution is -0.384. The third-order valence-corrected chi connectivity index (χ3v) is 8.63. The summed E-state index contributed by atoms with van der Waals surface area (Å²) in [4.78, 5) is 34.5. The molecule has 0 atom stereocenters. The second-order valence-corrected chi connectivity index (χ2v) is 11.8. The SMILES string of the molecule is O=C1/C(=C/c2ccc(OCc3ccc(Cl)cc3Cl)cc2)SC(=Nc2ccc([N+](=O)[O-])cc2)N1CCc1c[nH]c2ccccc12. The van der Waals surface area contributed by atoms with Crippen LogP contribution in [0.3, 0.4) is 0 Å². The minimum Gasteiger partial charge on any atom is -0.489 e. The summed E-state index contributed by atoms with van der Waals surface area (Å²) in [6.45, 7) is 0.704. The highest BCUT2D eigenvalue weighted by Crippen LogP contribution is 2.35. The van der Waals surface area contributed by atoms with Gasteiger partial charge in [0, 0.05) is 51.4 Å². The molecule has 1 fully saturated rings. The number of rotatable bonds is 9. The van der Waals surface area contributed by atoms with E-state index in [1.165, 1.54) is 23.9 Å². The van der Waals surface area contributed by atoms with Crippen molar-refractivity contribution in [3.63, 3.8) is 0 Å². The molecule has 1 amide bonds. The van der Waals surface area contributed by atoms with E-state index in [0.29, 0.717) is 51.1 Å². The number of hydrogen-bond donors (Lipinski definition) is 1. The summed E-state index contributed by atoms with van der Waals surface area (Å²) in [6, 6.07) is 26.7. The number of fused-ring (bicyclic) bond motifs is 1. The van der Waals surface area contributed by atoms with E-state index < -0.39 is 4.92 Å². The quantitative estimate of drug-likeness (QED) is 0.0983. The summed E-state index contributed by atoms with van der Waals surface area (Å²) in [5, 5.41) is 13.8. The van der Waals surface area contributed by atoms with Gasteiger partial charge in [-0.3, -0.25) is 19.8 Å². The Morgan fingerprint density at radius 3 is 2.50 bits per heavy atom. The molecule has 0 spiro atoms. The highest BCUT2D eigenvalue weighted by molar-refractivity contribution is 8.18. The Hall–Kier alpha value is -4.57. The second-order valence-electron chi connectivity index (χ2n) is 9.94. The third kappa shape index (κ3) is 6.65. The maximum Gasteiger partial charge on any atom is 0.269 e. The highest BCUT2D eigenvalue weighted by Gasteiger charge is 2.33. The number of para-hydroxylation sites is 1. The lowest BCUT2D eigenvalue weighted by Crippen LogP contribution is -2.31. The molecule has 0 bridgehead atoms. The standard InChI is InChI=1S/C33H24Cl2N4O4S/c34-24-8-7-23(29(35)18-24)20-43-27-13-5-21(6-14-27)17-31-32(40)38(16-15-22-19-36-30-4-2-1-3-28(22)30)33(44-31)37-25-9-11-26(12-10-25)39(41)42/h1-14,17-19,36H,15-16,20H2/b31-17-,37-33?. The van der Waals surface area contributed by atoms with Crippen molar-refractivity contribution >= 4 is 74.4 Å². The molecule has 44 heavy (non-hydrogen) atoms. The summed E-state index contributed by atoms with van der Waals surface area (Å²) >= 11 is 13.5. The first-order chi connectivity index (χ1) is 21.3. The smallest absolute Gasteiger partial charge is 0.269 e. The molecule has 1 N–H and O–H groups in total. The molecule has 5 aromatic rings. The third-order valence-electron chi connectivity index (χ3n) is 7.04. The van der Waals surface area contributed by atoms with Gasteiger partial charge in [0.25, 0.3) is 11.6 Å². The molecule has 220 valence electrons. The fourth-order valence-corrected chi connectivity index (χ4v) is 6.22. The first-order valence-corrected chi connectivity index (χ1v) is 15.2. The van der Waals surface area contributed by atoms with Gasteiger partial charge in [0.15, 0.2) is 5.17 Å². The predicted molar refractivity (Wildman–Crippen MR) is 177 cm³/mol. The number of carbonyl (C=O) groups is 1. The summed E-state index contributed by atoms with van der Waals surface area (Å²) in [5.41, 5.74) is 4.28. The molecule has 2 heterocycles. The summed E-state index contributed by atoms with van der Waals surface area (Å²) in [6.07, 6.45) is 4.41. The Morgan fingerprint density at radius 2 is 1.75 bits per heavy atom. The number of ether oxygens (including phenoxy) is 1. The van der Waals surface area contributed by atoms with Gasteiger partial charge in [-0.05, 0) is 77.9 Å². The molecule has 0 saturated carbocycles. The van der Waals surface area contributed by atoms with Gasteiger partial charge in [-0.1, -0.05) is 59.6 Å². The van der Waals surface area contributed by atoms with Gasteiger partial charge in [0.1, 0.15) is 12.4 Å². The zero-order valence-electron chi connectivity index (χ0n) is 23.1. The Balaban J connectivity index is 1.22. The first kappa shape index (κ1) is 29.5. The van der Waals surface area contributed by atoms with Crippen LogP contribution in [-0.4, -0.2) is 32.4 Å². The molecule has 4 aromatic carbocycles. The van der Waals surface area contributed by atoms with E-state index in [-0.39, 0.29) is 11.6 Å². The normalized spacial score (nSPS) is 15.0. The van der Waals surface area contributed by atoms with E-state index in [0.717, 1.165) is 27.6 Å². The van der Waals surface area contributed by atoms with Gasteiger partial charge < -0.3 is 9.72 Å². The van der Waals surface area contributed by atoms with Gasteiger partial charge in [0.2, 0.25) is 0 Å². The molecule has 8 nitrogen and oxygen atoms in total. The molecule has 1 saturated heterocycles. The molecule has 1 aromatic heterocycles. The minimum absolute atomic E-state index is 0.0235. The molecule has 0 unspecified atom stereocenters. The van der Waals surface area contributed by atoms with Crippen LogP contribution in [0, 0.1) is 10.1 Å². The number of amides is 1. The number of halogens is 2. The monoisotopic (exact) mass is 642 g/mol. The average Bonchev–Trinajstić information content (AvgIpc) is 3.56. The largest absolute Gasteiger partial charge is 0.489 e. The summed E-state index contributed by atoms with van der Waals surface area (Å²) in [5.74, 6) is 0.498. The van der Waals surface area contributed by atoms with Crippen molar-refractivity contribution in [3.8, 4) is 5.75 Å². The van der Waals surface area contributed by atoms with E-state index in [1.54, 1.807) is 29.2 Å². The van der Waals surface area contributed by atoms with Gasteiger partial charge in [-0.15, -0.1) is 0 Å². The van der Waals surface area contributed by atoms with E-state index in [4.69, 9.17) is 32.9 Å². The second kappa shape index (κ2) is 13.0. The number of nitrogens with zero attached hydrogens (tertiary/aromatic N) is 3. The summed E-state index contributed by atoms with van der Waals surface area (Å²) in [7, 11) is 0. The number of aromatic amines is 1. The van der Waals surface area contributed by atoms with Crippen LogP contribution in [0.4, 0.5) is 11.4 Å². The topological polar surface area (TPSA) is 101 Å². The molecule has 1 aliphatic heterocycles. The number of amidine groups is 1. The average molecular weight is 644 g/mol. The van der Waals surface area contributed by atoms with Crippen LogP contribution in [0.1, 0.15) is 16.7 Å². The predicted octanol–water partition coefficient (Wildman–Crippen LogP) is 8.81. The van der Waals surface area contributed by atoms with Gasteiger partial charge >= 0.3 is 0 Å². The van der Waals surface area contributed by atoms with Crippen molar-refractivity contribution in [2.75, 3.05) is 6.54 Å². The zero-order chi connectivity index (χ0) is 30.6. The molecular formula is C33H24Cl2N4O4S. The number of non-ortho nitro benzene ring substituents is 1. The number of thioether (sulfide) groups is 1. The molecular weight excluding hydrogens is 619 g/mol. The lowest BCUT2D eigenvalue weighted by Gasteiger charge is -2.15. The lowest BCUT2D eigenvalue weighted by atomic mass is 10.1. The number of nitro benzene ring substituents is 1. The van der Waals surface area contributed by atoms with E-state index >= 15 is 0 Å².